The van der Waals surface area contributed by atoms with Crippen LogP contribution in [0.15, 0.2) is 36.4 Å². The first-order valence-electron chi connectivity index (χ1n) is 6.65. The number of hydrogen-bond acceptors (Lipinski definition) is 2. The summed E-state index contributed by atoms with van der Waals surface area (Å²) in [5.41, 5.74) is 4.58. The second-order valence-corrected chi connectivity index (χ2v) is 5.06. The Labute approximate surface area is 121 Å². The summed E-state index contributed by atoms with van der Waals surface area (Å²) in [4.78, 5) is 0. The molecule has 0 heterocycles. The van der Waals surface area contributed by atoms with Gasteiger partial charge in [-0.1, -0.05) is 18.2 Å². The summed E-state index contributed by atoms with van der Waals surface area (Å²) in [6.07, 6.45) is 0.746. The van der Waals surface area contributed by atoms with Crippen LogP contribution in [0.2, 0.25) is 0 Å². The Morgan fingerprint density at radius 1 is 1.05 bits per heavy atom. The fourth-order valence-corrected chi connectivity index (χ4v) is 2.32. The van der Waals surface area contributed by atoms with E-state index in [0.717, 1.165) is 17.2 Å². The van der Waals surface area contributed by atoms with E-state index in [-0.39, 0.29) is 23.8 Å². The third-order valence-corrected chi connectivity index (χ3v) is 3.50. The van der Waals surface area contributed by atoms with Gasteiger partial charge in [-0.05, 0) is 54.7 Å². The van der Waals surface area contributed by atoms with Crippen LogP contribution >= 0.6 is 0 Å². The summed E-state index contributed by atoms with van der Waals surface area (Å²) in [6.45, 7) is 1.80. The number of nitrogens with one attached hydrogen (secondary N) is 1. The Balaban J connectivity index is 2.15. The highest BCUT2D eigenvalue weighted by Crippen LogP contribution is 2.17. The predicted molar refractivity (Wildman–Crippen MR) is 76.0 cm³/mol. The summed E-state index contributed by atoms with van der Waals surface area (Å²) < 4.78 is 40.0. The van der Waals surface area contributed by atoms with E-state index in [9.17, 15) is 13.2 Å². The molecule has 0 spiro atoms. The average molecular weight is 294 g/mol. The molecule has 1 unspecified atom stereocenters. The van der Waals surface area contributed by atoms with Gasteiger partial charge >= 0.3 is 0 Å². The Hall–Kier alpha value is -1.85. The number of benzene rings is 2. The van der Waals surface area contributed by atoms with Crippen molar-refractivity contribution < 1.29 is 13.2 Å². The minimum atomic E-state index is -0.874. The summed E-state index contributed by atoms with van der Waals surface area (Å²) >= 11 is 0. The first kappa shape index (κ1) is 15.5. The molecule has 0 radical (unpaired) electrons. The van der Waals surface area contributed by atoms with Crippen LogP contribution in [0.3, 0.4) is 0 Å². The first-order valence-corrected chi connectivity index (χ1v) is 6.65. The Kier molecular flexibility index (Phi) is 4.98. The Morgan fingerprint density at radius 2 is 1.76 bits per heavy atom. The molecule has 5 heteroatoms. The quantitative estimate of drug-likeness (QED) is 0.657. The van der Waals surface area contributed by atoms with Crippen molar-refractivity contribution in [2.75, 3.05) is 0 Å². The molecule has 21 heavy (non-hydrogen) atoms. The lowest BCUT2D eigenvalue weighted by molar-refractivity contribution is 0.473. The molecule has 0 saturated heterocycles. The van der Waals surface area contributed by atoms with Crippen LogP contribution in [0.4, 0.5) is 13.2 Å². The van der Waals surface area contributed by atoms with Crippen molar-refractivity contribution in [3.8, 4) is 0 Å². The third kappa shape index (κ3) is 3.83. The zero-order valence-electron chi connectivity index (χ0n) is 11.7. The SMILES string of the molecule is Cc1cc(F)ccc1CC(Cc1cccc(F)c1F)NN. The molecule has 0 saturated carbocycles. The molecular formula is C16H17F3N2. The largest absolute Gasteiger partial charge is 0.271 e. The fraction of sp³-hybridized carbons (Fsp3) is 0.250. The monoisotopic (exact) mass is 294 g/mol. The minimum Gasteiger partial charge on any atom is -0.271 e. The van der Waals surface area contributed by atoms with Crippen LogP contribution in [0.1, 0.15) is 16.7 Å². The van der Waals surface area contributed by atoms with Gasteiger partial charge in [0.05, 0.1) is 0 Å². The average Bonchev–Trinajstić information content (AvgIpc) is 2.45. The maximum atomic E-state index is 13.7. The number of rotatable bonds is 5. The number of hydrogen-bond donors (Lipinski definition) is 2. The molecule has 112 valence electrons. The van der Waals surface area contributed by atoms with Gasteiger partial charge in [-0.2, -0.15) is 0 Å². The number of aryl methyl sites for hydroxylation is 1. The van der Waals surface area contributed by atoms with E-state index in [0.29, 0.717) is 6.42 Å². The molecule has 1 atom stereocenters. The van der Waals surface area contributed by atoms with Gasteiger partial charge in [0, 0.05) is 6.04 Å². The normalized spacial score (nSPS) is 12.4. The van der Waals surface area contributed by atoms with Crippen LogP contribution in [0.25, 0.3) is 0 Å². The van der Waals surface area contributed by atoms with Gasteiger partial charge in [0.15, 0.2) is 11.6 Å². The number of hydrazine groups is 1. The Bertz CT molecular complexity index is 629. The molecule has 2 aromatic carbocycles. The maximum absolute atomic E-state index is 13.7. The molecular weight excluding hydrogens is 277 g/mol. The highest BCUT2D eigenvalue weighted by molar-refractivity contribution is 5.28. The smallest absolute Gasteiger partial charge is 0.162 e. The van der Waals surface area contributed by atoms with Gasteiger partial charge in [-0.15, -0.1) is 0 Å². The van der Waals surface area contributed by atoms with Crippen LogP contribution in [-0.2, 0) is 12.8 Å². The van der Waals surface area contributed by atoms with Crippen molar-refractivity contribution in [2.24, 2.45) is 5.84 Å². The standard InChI is InChI=1S/C16H17F3N2/c1-10-7-13(17)6-5-11(10)8-14(21-20)9-12-3-2-4-15(18)16(12)19/h2-7,14,21H,8-9,20H2,1H3. The van der Waals surface area contributed by atoms with Gasteiger partial charge in [-0.3, -0.25) is 11.3 Å². The highest BCUT2D eigenvalue weighted by atomic mass is 19.2. The van der Waals surface area contributed by atoms with Crippen LogP contribution < -0.4 is 11.3 Å². The molecule has 0 aromatic heterocycles. The maximum Gasteiger partial charge on any atom is 0.162 e. The molecule has 0 aliphatic heterocycles. The van der Waals surface area contributed by atoms with Crippen LogP contribution in [0.5, 0.6) is 0 Å². The van der Waals surface area contributed by atoms with Crippen molar-refractivity contribution in [2.45, 2.75) is 25.8 Å². The van der Waals surface area contributed by atoms with Gasteiger partial charge in [-0.25, -0.2) is 13.2 Å². The summed E-state index contributed by atoms with van der Waals surface area (Å²) in [6, 6.07) is 8.28. The molecule has 2 rings (SSSR count). The van der Waals surface area contributed by atoms with E-state index in [1.807, 2.05) is 0 Å². The van der Waals surface area contributed by atoms with Gasteiger partial charge in [0.1, 0.15) is 5.82 Å². The lowest BCUT2D eigenvalue weighted by atomic mass is 9.96. The fourth-order valence-electron chi connectivity index (χ4n) is 2.32. The van der Waals surface area contributed by atoms with Crippen molar-refractivity contribution in [3.63, 3.8) is 0 Å². The van der Waals surface area contributed by atoms with E-state index in [4.69, 9.17) is 5.84 Å². The minimum absolute atomic E-state index is 0.247. The van der Waals surface area contributed by atoms with Crippen molar-refractivity contribution >= 4 is 0 Å². The van der Waals surface area contributed by atoms with E-state index in [2.05, 4.69) is 5.43 Å². The molecule has 0 fully saturated rings. The number of nitrogens with two attached hydrogens (primary N) is 1. The Morgan fingerprint density at radius 3 is 2.43 bits per heavy atom. The van der Waals surface area contributed by atoms with E-state index < -0.39 is 11.6 Å². The van der Waals surface area contributed by atoms with Gasteiger partial charge in [0.2, 0.25) is 0 Å². The summed E-state index contributed by atoms with van der Waals surface area (Å²) in [5, 5.41) is 0. The summed E-state index contributed by atoms with van der Waals surface area (Å²) in [5.74, 6) is 3.47. The molecule has 2 nitrogen and oxygen atoms in total. The van der Waals surface area contributed by atoms with Crippen LogP contribution in [-0.4, -0.2) is 6.04 Å². The zero-order chi connectivity index (χ0) is 15.4. The lowest BCUT2D eigenvalue weighted by Gasteiger charge is -2.18. The van der Waals surface area contributed by atoms with E-state index in [1.165, 1.54) is 24.3 Å². The van der Waals surface area contributed by atoms with Crippen LogP contribution in [0, 0.1) is 24.4 Å². The molecule has 3 N–H and O–H groups in total. The predicted octanol–water partition coefficient (Wildman–Crippen LogP) is 3.03. The molecule has 0 bridgehead atoms. The summed E-state index contributed by atoms with van der Waals surface area (Å²) in [7, 11) is 0. The molecule has 0 aliphatic rings. The van der Waals surface area contributed by atoms with Crippen molar-refractivity contribution in [3.05, 3.63) is 70.5 Å². The first-order chi connectivity index (χ1) is 10.0. The second kappa shape index (κ2) is 6.74. The molecule has 0 aliphatic carbocycles. The molecule has 0 amide bonds. The highest BCUT2D eigenvalue weighted by Gasteiger charge is 2.15. The van der Waals surface area contributed by atoms with E-state index in [1.54, 1.807) is 13.0 Å². The van der Waals surface area contributed by atoms with E-state index >= 15 is 0 Å². The van der Waals surface area contributed by atoms with Gasteiger partial charge < -0.3 is 0 Å². The molecule has 2 aromatic rings. The zero-order valence-corrected chi connectivity index (χ0v) is 11.7. The lowest BCUT2D eigenvalue weighted by Crippen LogP contribution is -2.38. The topological polar surface area (TPSA) is 38.0 Å². The van der Waals surface area contributed by atoms with Crippen molar-refractivity contribution in [1.29, 1.82) is 0 Å². The third-order valence-electron chi connectivity index (χ3n) is 3.50. The second-order valence-electron chi connectivity index (χ2n) is 5.06. The van der Waals surface area contributed by atoms with Crippen molar-refractivity contribution in [1.82, 2.24) is 5.43 Å². The number of halogens is 3. The van der Waals surface area contributed by atoms with Gasteiger partial charge in [0.25, 0.3) is 0 Å².